The Morgan fingerprint density at radius 3 is 2.37 bits per heavy atom. The molecule has 0 aliphatic carbocycles. The molecule has 1 amide bonds. The van der Waals surface area contributed by atoms with Crippen LogP contribution in [0.15, 0.2) is 12.1 Å². The lowest BCUT2D eigenvalue weighted by Crippen LogP contribution is -2.26. The molecule has 0 radical (unpaired) electrons. The number of anilines is 1. The van der Waals surface area contributed by atoms with E-state index in [1.807, 2.05) is 0 Å². The van der Waals surface area contributed by atoms with Crippen LogP contribution in [-0.2, 0) is 4.79 Å². The molecule has 8 heteroatoms. The second-order valence-electron chi connectivity index (χ2n) is 3.95. The first kappa shape index (κ1) is 14.9. The van der Waals surface area contributed by atoms with Crippen LogP contribution in [-0.4, -0.2) is 33.3 Å². The number of carbonyl (C=O) groups excluding carboxylic acids is 1. The molecule has 0 fully saturated rings. The topological polar surface area (TPSA) is 147 Å². The summed E-state index contributed by atoms with van der Waals surface area (Å²) in [5.74, 6) is -3.28. The van der Waals surface area contributed by atoms with Gasteiger partial charge in [0.05, 0.1) is 18.1 Å². The summed E-state index contributed by atoms with van der Waals surface area (Å²) in [6.07, 6.45) is -4.02. The van der Waals surface area contributed by atoms with Gasteiger partial charge in [0.25, 0.3) is 0 Å². The highest BCUT2D eigenvalue weighted by Gasteiger charge is 2.25. The van der Waals surface area contributed by atoms with Crippen LogP contribution in [0.4, 0.5) is 10.1 Å². The average Bonchev–Trinajstić information content (AvgIpc) is 2.26. The van der Waals surface area contributed by atoms with Crippen molar-refractivity contribution in [2.24, 2.45) is 5.73 Å². The number of primary amides is 1. The number of carboxylic acid groups (broad SMARTS) is 1. The first-order valence-electron chi connectivity index (χ1n) is 5.20. The van der Waals surface area contributed by atoms with Gasteiger partial charge in [0.2, 0.25) is 5.91 Å². The van der Waals surface area contributed by atoms with E-state index in [1.54, 1.807) is 0 Å². The van der Waals surface area contributed by atoms with Gasteiger partial charge in [-0.05, 0) is 12.1 Å². The molecule has 1 aromatic carbocycles. The second kappa shape index (κ2) is 5.63. The predicted molar refractivity (Wildman–Crippen MR) is 62.5 cm³/mol. The number of nitrogens with two attached hydrogens (primary N) is 2. The van der Waals surface area contributed by atoms with Gasteiger partial charge in [-0.25, -0.2) is 9.18 Å². The smallest absolute Gasteiger partial charge is 0.337 e. The minimum atomic E-state index is -1.79. The van der Waals surface area contributed by atoms with Crippen LogP contribution in [0.25, 0.3) is 0 Å². The van der Waals surface area contributed by atoms with Crippen molar-refractivity contribution >= 4 is 17.6 Å². The fourth-order valence-corrected chi connectivity index (χ4v) is 1.54. The van der Waals surface area contributed by atoms with Crippen LogP contribution >= 0.6 is 0 Å². The van der Waals surface area contributed by atoms with E-state index in [2.05, 4.69) is 0 Å². The van der Waals surface area contributed by atoms with Crippen molar-refractivity contribution in [2.75, 3.05) is 5.73 Å². The van der Waals surface area contributed by atoms with Gasteiger partial charge in [0.1, 0.15) is 11.9 Å². The number of amides is 1. The van der Waals surface area contributed by atoms with Gasteiger partial charge in [-0.3, -0.25) is 4.79 Å². The summed E-state index contributed by atoms with van der Waals surface area (Å²) in [6.45, 7) is 0. The third kappa shape index (κ3) is 3.39. The van der Waals surface area contributed by atoms with Crippen molar-refractivity contribution in [3.8, 4) is 0 Å². The Hall–Kier alpha value is -2.19. The fraction of sp³-hybridized carbons (Fsp3) is 0.273. The Balaban J connectivity index is 3.15. The van der Waals surface area contributed by atoms with Gasteiger partial charge in [-0.15, -0.1) is 0 Å². The molecule has 19 heavy (non-hydrogen) atoms. The summed E-state index contributed by atoms with van der Waals surface area (Å²) in [5, 5.41) is 28.0. The molecule has 0 aliphatic heterocycles. The molecule has 2 atom stereocenters. The highest BCUT2D eigenvalue weighted by Crippen LogP contribution is 2.26. The molecule has 0 bridgehead atoms. The Bertz CT molecular complexity index is 520. The lowest BCUT2D eigenvalue weighted by Gasteiger charge is -2.18. The molecule has 2 unspecified atom stereocenters. The maximum Gasteiger partial charge on any atom is 0.337 e. The molecular formula is C11H13FN2O5. The zero-order chi connectivity index (χ0) is 14.7. The quantitative estimate of drug-likeness (QED) is 0.451. The number of halogens is 1. The van der Waals surface area contributed by atoms with Crippen LogP contribution in [0.2, 0.25) is 0 Å². The lowest BCUT2D eigenvalue weighted by molar-refractivity contribution is -0.121. The number of rotatable bonds is 5. The minimum Gasteiger partial charge on any atom is -0.478 e. The van der Waals surface area contributed by atoms with Crippen molar-refractivity contribution in [2.45, 2.75) is 18.6 Å². The number of hydrogen-bond acceptors (Lipinski definition) is 5. The number of carboxylic acids is 1. The number of benzene rings is 1. The summed E-state index contributed by atoms with van der Waals surface area (Å²) >= 11 is 0. The largest absolute Gasteiger partial charge is 0.478 e. The zero-order valence-corrected chi connectivity index (χ0v) is 9.71. The molecule has 1 rings (SSSR count). The van der Waals surface area contributed by atoms with Crippen molar-refractivity contribution in [1.82, 2.24) is 0 Å². The molecular weight excluding hydrogens is 259 g/mol. The van der Waals surface area contributed by atoms with Crippen molar-refractivity contribution < 1.29 is 29.3 Å². The fourth-order valence-electron chi connectivity index (χ4n) is 1.54. The molecule has 0 saturated heterocycles. The molecule has 1 aromatic rings. The Labute approximate surface area is 107 Å². The summed E-state index contributed by atoms with van der Waals surface area (Å²) in [4.78, 5) is 21.4. The van der Waals surface area contributed by atoms with Crippen molar-refractivity contribution in [1.29, 1.82) is 0 Å². The van der Waals surface area contributed by atoms with E-state index >= 15 is 0 Å². The zero-order valence-electron chi connectivity index (χ0n) is 9.71. The van der Waals surface area contributed by atoms with E-state index < -0.39 is 47.4 Å². The molecule has 0 spiro atoms. The SMILES string of the molecule is NC(=O)CC(O)C(O)c1cc(C(=O)O)c(N)cc1F. The number of hydrogen-bond donors (Lipinski definition) is 5. The third-order valence-corrected chi connectivity index (χ3v) is 2.49. The van der Waals surface area contributed by atoms with Gasteiger partial charge in [-0.2, -0.15) is 0 Å². The highest BCUT2D eigenvalue weighted by molar-refractivity contribution is 5.93. The first-order chi connectivity index (χ1) is 8.73. The summed E-state index contributed by atoms with van der Waals surface area (Å²) in [6, 6.07) is 1.53. The van der Waals surface area contributed by atoms with E-state index in [9.17, 15) is 24.2 Å². The summed E-state index contributed by atoms with van der Waals surface area (Å²) in [7, 11) is 0. The maximum atomic E-state index is 13.6. The van der Waals surface area contributed by atoms with E-state index in [-0.39, 0.29) is 5.69 Å². The van der Waals surface area contributed by atoms with E-state index in [0.29, 0.717) is 0 Å². The Kier molecular flexibility index (Phi) is 4.41. The molecule has 0 heterocycles. The standard InChI is InChI=1S/C11H13FN2O5/c12-6-2-7(13)5(11(18)19)1-4(6)10(17)8(15)3-9(14)16/h1-2,8,10,15,17H,3,13H2,(H2,14,16)(H,18,19). The van der Waals surface area contributed by atoms with Gasteiger partial charge in [0.15, 0.2) is 0 Å². The normalized spacial score (nSPS) is 13.8. The highest BCUT2D eigenvalue weighted by atomic mass is 19.1. The van der Waals surface area contributed by atoms with Gasteiger partial charge in [-0.1, -0.05) is 0 Å². The number of aliphatic hydroxyl groups is 2. The number of aliphatic hydroxyl groups excluding tert-OH is 2. The number of carbonyl (C=O) groups is 2. The number of aromatic carboxylic acids is 1. The molecule has 7 N–H and O–H groups in total. The molecule has 104 valence electrons. The van der Waals surface area contributed by atoms with Crippen LogP contribution in [0, 0.1) is 5.82 Å². The summed E-state index contributed by atoms with van der Waals surface area (Å²) < 4.78 is 13.6. The van der Waals surface area contributed by atoms with Crippen molar-refractivity contribution in [3.05, 3.63) is 29.1 Å². The Morgan fingerprint density at radius 2 is 1.89 bits per heavy atom. The van der Waals surface area contributed by atoms with Crippen molar-refractivity contribution in [3.63, 3.8) is 0 Å². The van der Waals surface area contributed by atoms with E-state index in [4.69, 9.17) is 16.6 Å². The Morgan fingerprint density at radius 1 is 1.32 bits per heavy atom. The monoisotopic (exact) mass is 272 g/mol. The molecule has 0 saturated carbocycles. The average molecular weight is 272 g/mol. The van der Waals surface area contributed by atoms with E-state index in [0.717, 1.165) is 12.1 Å². The van der Waals surface area contributed by atoms with Gasteiger partial charge in [0, 0.05) is 11.3 Å². The van der Waals surface area contributed by atoms with Crippen LogP contribution in [0.1, 0.15) is 28.4 Å². The number of nitrogen functional groups attached to an aromatic ring is 1. The molecule has 7 nitrogen and oxygen atoms in total. The predicted octanol–water partition coefficient (Wildman–Crippen LogP) is -0.624. The minimum absolute atomic E-state index is 0.314. The van der Waals surface area contributed by atoms with Gasteiger partial charge >= 0.3 is 5.97 Å². The second-order valence-corrected chi connectivity index (χ2v) is 3.95. The maximum absolute atomic E-state index is 13.6. The van der Waals surface area contributed by atoms with Crippen LogP contribution in [0.5, 0.6) is 0 Å². The summed E-state index contributed by atoms with van der Waals surface area (Å²) in [5.41, 5.74) is 8.94. The van der Waals surface area contributed by atoms with E-state index in [1.165, 1.54) is 0 Å². The first-order valence-corrected chi connectivity index (χ1v) is 5.20. The molecule has 0 aromatic heterocycles. The van der Waals surface area contributed by atoms with Gasteiger partial charge < -0.3 is 26.8 Å². The third-order valence-electron chi connectivity index (χ3n) is 2.49. The van der Waals surface area contributed by atoms with Crippen LogP contribution in [0.3, 0.4) is 0 Å². The molecule has 0 aliphatic rings. The van der Waals surface area contributed by atoms with Crippen LogP contribution < -0.4 is 11.5 Å². The lowest BCUT2D eigenvalue weighted by atomic mass is 9.98.